The molecule has 1 fully saturated rings. The fourth-order valence-electron chi connectivity index (χ4n) is 2.54. The van der Waals surface area contributed by atoms with Gasteiger partial charge in [-0.25, -0.2) is 4.68 Å². The zero-order valence-corrected chi connectivity index (χ0v) is 8.37. The second-order valence-corrected chi connectivity index (χ2v) is 4.29. The monoisotopic (exact) mass is 192 g/mol. The lowest BCUT2D eigenvalue weighted by molar-refractivity contribution is 0.475. The molecule has 0 aromatic carbocycles. The fourth-order valence-corrected chi connectivity index (χ4v) is 2.54. The van der Waals surface area contributed by atoms with Crippen molar-refractivity contribution in [1.82, 2.24) is 20.3 Å². The Hall–Kier alpha value is -0.900. The summed E-state index contributed by atoms with van der Waals surface area (Å²) in [5.41, 5.74) is 2.68. The first kappa shape index (κ1) is 8.41. The summed E-state index contributed by atoms with van der Waals surface area (Å²) >= 11 is 0. The number of nitrogens with one attached hydrogen (secondary N) is 1. The minimum absolute atomic E-state index is 0.622. The molecule has 0 spiro atoms. The van der Waals surface area contributed by atoms with Gasteiger partial charge >= 0.3 is 0 Å². The maximum absolute atomic E-state index is 4.35. The molecule has 1 aromatic rings. The van der Waals surface area contributed by atoms with Crippen molar-refractivity contribution in [3.8, 4) is 0 Å². The van der Waals surface area contributed by atoms with Gasteiger partial charge in [-0.3, -0.25) is 0 Å². The molecule has 76 valence electrons. The van der Waals surface area contributed by atoms with E-state index in [9.17, 15) is 0 Å². The summed E-state index contributed by atoms with van der Waals surface area (Å²) in [4.78, 5) is 0. The van der Waals surface area contributed by atoms with Crippen molar-refractivity contribution in [2.45, 2.75) is 38.1 Å². The number of hydrogen-bond donors (Lipinski definition) is 1. The lowest BCUT2D eigenvalue weighted by Crippen LogP contribution is -2.14. The van der Waals surface area contributed by atoms with Crippen LogP contribution in [-0.4, -0.2) is 28.1 Å². The topological polar surface area (TPSA) is 42.7 Å². The number of hydrogen-bond acceptors (Lipinski definition) is 3. The summed E-state index contributed by atoms with van der Waals surface area (Å²) < 4.78 is 2.11. The Kier molecular flexibility index (Phi) is 2.01. The van der Waals surface area contributed by atoms with Gasteiger partial charge in [0.1, 0.15) is 0 Å². The van der Waals surface area contributed by atoms with E-state index in [2.05, 4.69) is 20.3 Å². The fraction of sp³-hybridized carbons (Fsp3) is 0.800. The van der Waals surface area contributed by atoms with E-state index in [1.807, 2.05) is 0 Å². The maximum atomic E-state index is 4.35. The first-order valence-electron chi connectivity index (χ1n) is 5.58. The van der Waals surface area contributed by atoms with Gasteiger partial charge in [0.05, 0.1) is 11.4 Å². The van der Waals surface area contributed by atoms with Crippen molar-refractivity contribution in [2.24, 2.45) is 0 Å². The average molecular weight is 192 g/mol. The molecule has 0 amide bonds. The highest BCUT2D eigenvalue weighted by atomic mass is 15.4. The van der Waals surface area contributed by atoms with Crippen LogP contribution >= 0.6 is 0 Å². The molecule has 1 unspecified atom stereocenters. The first-order valence-corrected chi connectivity index (χ1v) is 5.58. The van der Waals surface area contributed by atoms with Crippen LogP contribution in [0.1, 0.15) is 36.6 Å². The third kappa shape index (κ3) is 1.25. The van der Waals surface area contributed by atoms with Gasteiger partial charge in [0, 0.05) is 19.0 Å². The van der Waals surface area contributed by atoms with E-state index in [0.29, 0.717) is 5.92 Å². The van der Waals surface area contributed by atoms with E-state index in [1.165, 1.54) is 37.1 Å². The average Bonchev–Trinajstić information content (AvgIpc) is 2.85. The van der Waals surface area contributed by atoms with Crippen LogP contribution in [0, 0.1) is 0 Å². The van der Waals surface area contributed by atoms with E-state index < -0.39 is 0 Å². The number of fused-ring (bicyclic) bond motifs is 1. The molecule has 14 heavy (non-hydrogen) atoms. The molecule has 1 N–H and O–H groups in total. The molecule has 4 nitrogen and oxygen atoms in total. The number of nitrogens with zero attached hydrogens (tertiary/aromatic N) is 3. The summed E-state index contributed by atoms with van der Waals surface area (Å²) in [7, 11) is 0. The van der Waals surface area contributed by atoms with E-state index in [4.69, 9.17) is 0 Å². The largest absolute Gasteiger partial charge is 0.316 e. The predicted octanol–water partition coefficient (Wildman–Crippen LogP) is 0.691. The molecule has 1 aromatic heterocycles. The van der Waals surface area contributed by atoms with Gasteiger partial charge in [0.2, 0.25) is 0 Å². The summed E-state index contributed by atoms with van der Waals surface area (Å²) in [5.74, 6) is 0.622. The quantitative estimate of drug-likeness (QED) is 0.712. The predicted molar refractivity (Wildman–Crippen MR) is 53.2 cm³/mol. The molecule has 4 heteroatoms. The van der Waals surface area contributed by atoms with Crippen LogP contribution in [0.4, 0.5) is 0 Å². The second kappa shape index (κ2) is 3.35. The minimum Gasteiger partial charge on any atom is -0.316 e. The van der Waals surface area contributed by atoms with Gasteiger partial charge in [0.15, 0.2) is 0 Å². The minimum atomic E-state index is 0.622. The third-order valence-electron chi connectivity index (χ3n) is 3.35. The molecule has 0 saturated carbocycles. The molecule has 3 rings (SSSR count). The molecule has 1 saturated heterocycles. The Bertz CT molecular complexity index is 325. The molecular formula is C10H16N4. The van der Waals surface area contributed by atoms with Crippen LogP contribution in [-0.2, 0) is 13.0 Å². The van der Waals surface area contributed by atoms with Crippen LogP contribution in [0.5, 0.6) is 0 Å². The van der Waals surface area contributed by atoms with Crippen molar-refractivity contribution in [3.63, 3.8) is 0 Å². The third-order valence-corrected chi connectivity index (χ3v) is 3.35. The summed E-state index contributed by atoms with van der Waals surface area (Å²) in [5, 5.41) is 12.0. The molecule has 1 atom stereocenters. The van der Waals surface area contributed by atoms with Crippen LogP contribution < -0.4 is 5.32 Å². The van der Waals surface area contributed by atoms with E-state index in [-0.39, 0.29) is 0 Å². The number of rotatable bonds is 1. The molecule has 2 aliphatic rings. The van der Waals surface area contributed by atoms with Crippen LogP contribution in [0.3, 0.4) is 0 Å². The Morgan fingerprint density at radius 3 is 3.21 bits per heavy atom. The molecule has 3 heterocycles. The normalized spacial score (nSPS) is 26.4. The number of aryl methyl sites for hydroxylation is 1. The Morgan fingerprint density at radius 1 is 1.36 bits per heavy atom. The van der Waals surface area contributed by atoms with Crippen molar-refractivity contribution >= 4 is 0 Å². The Morgan fingerprint density at radius 2 is 2.36 bits per heavy atom. The lowest BCUT2D eigenvalue weighted by Gasteiger charge is -2.14. The maximum Gasteiger partial charge on any atom is 0.0903 e. The summed E-state index contributed by atoms with van der Waals surface area (Å²) in [6, 6.07) is 0. The Balaban J connectivity index is 1.93. The van der Waals surface area contributed by atoms with Gasteiger partial charge in [-0.2, -0.15) is 0 Å². The first-order chi connectivity index (χ1) is 6.95. The highest BCUT2D eigenvalue weighted by Crippen LogP contribution is 2.26. The lowest BCUT2D eigenvalue weighted by atomic mass is 9.99. The van der Waals surface area contributed by atoms with Crippen LogP contribution in [0.25, 0.3) is 0 Å². The van der Waals surface area contributed by atoms with Gasteiger partial charge < -0.3 is 5.32 Å². The Labute approximate surface area is 83.7 Å². The second-order valence-electron chi connectivity index (χ2n) is 4.29. The SMILES string of the molecule is C1CCn2nnc(C3CCNC3)c2C1. The van der Waals surface area contributed by atoms with Gasteiger partial charge in [-0.1, -0.05) is 5.21 Å². The van der Waals surface area contributed by atoms with Gasteiger partial charge in [0.25, 0.3) is 0 Å². The number of aromatic nitrogens is 3. The van der Waals surface area contributed by atoms with Crippen LogP contribution in [0.2, 0.25) is 0 Å². The highest BCUT2D eigenvalue weighted by molar-refractivity contribution is 5.18. The molecule has 2 aliphatic heterocycles. The standard InChI is InChI=1S/C10H16N4/c1-2-6-14-9(3-1)10(12-13-14)8-4-5-11-7-8/h8,11H,1-7H2. The van der Waals surface area contributed by atoms with Crippen LogP contribution in [0.15, 0.2) is 0 Å². The zero-order valence-electron chi connectivity index (χ0n) is 8.37. The molecule has 0 radical (unpaired) electrons. The highest BCUT2D eigenvalue weighted by Gasteiger charge is 2.25. The zero-order chi connectivity index (χ0) is 9.38. The van der Waals surface area contributed by atoms with Crippen molar-refractivity contribution in [1.29, 1.82) is 0 Å². The van der Waals surface area contributed by atoms with Crippen molar-refractivity contribution in [3.05, 3.63) is 11.4 Å². The van der Waals surface area contributed by atoms with Gasteiger partial charge in [-0.05, 0) is 32.2 Å². The van der Waals surface area contributed by atoms with E-state index in [0.717, 1.165) is 19.6 Å². The van der Waals surface area contributed by atoms with Gasteiger partial charge in [-0.15, -0.1) is 5.10 Å². The molecule has 0 bridgehead atoms. The van der Waals surface area contributed by atoms with E-state index >= 15 is 0 Å². The van der Waals surface area contributed by atoms with E-state index in [1.54, 1.807) is 0 Å². The van der Waals surface area contributed by atoms with Crippen molar-refractivity contribution < 1.29 is 0 Å². The summed E-state index contributed by atoms with van der Waals surface area (Å²) in [6.45, 7) is 3.30. The molecule has 0 aliphatic carbocycles. The molecular weight excluding hydrogens is 176 g/mol. The van der Waals surface area contributed by atoms with Crippen molar-refractivity contribution in [2.75, 3.05) is 13.1 Å². The smallest absolute Gasteiger partial charge is 0.0903 e. The summed E-state index contributed by atoms with van der Waals surface area (Å²) in [6.07, 6.45) is 4.98.